The van der Waals surface area contributed by atoms with Crippen LogP contribution in [0.25, 0.3) is 0 Å². The lowest BCUT2D eigenvalue weighted by Gasteiger charge is -2.19. The van der Waals surface area contributed by atoms with Crippen molar-refractivity contribution in [1.29, 1.82) is 0 Å². The molecule has 1 amide bonds. The molecule has 1 aromatic rings. The maximum absolute atomic E-state index is 12.0. The van der Waals surface area contributed by atoms with Gasteiger partial charge in [-0.05, 0) is 49.8 Å². The molecule has 1 N–H and O–H groups in total. The van der Waals surface area contributed by atoms with E-state index < -0.39 is 0 Å². The minimum absolute atomic E-state index is 0.321. The van der Waals surface area contributed by atoms with Crippen molar-refractivity contribution in [2.45, 2.75) is 32.6 Å². The molecule has 0 heterocycles. The molecule has 1 atom stereocenters. The maximum Gasteiger partial charge on any atom is 0.272 e. The van der Waals surface area contributed by atoms with Gasteiger partial charge in [-0.2, -0.15) is 5.10 Å². The van der Waals surface area contributed by atoms with E-state index in [9.17, 15) is 4.79 Å². The Labute approximate surface area is 123 Å². The Hall–Kier alpha value is -1.06. The third kappa shape index (κ3) is 3.95. The molecule has 102 valence electrons. The van der Waals surface area contributed by atoms with Gasteiger partial charge >= 0.3 is 0 Å². The van der Waals surface area contributed by atoms with Crippen LogP contribution in [0.4, 0.5) is 0 Å². The first-order chi connectivity index (χ1) is 9.06. The van der Waals surface area contributed by atoms with Gasteiger partial charge in [0.2, 0.25) is 0 Å². The quantitative estimate of drug-likeness (QED) is 0.813. The zero-order chi connectivity index (χ0) is 13.8. The number of nitrogens with one attached hydrogen (secondary N) is 1. The van der Waals surface area contributed by atoms with Gasteiger partial charge in [0.15, 0.2) is 0 Å². The molecule has 1 aliphatic carbocycles. The van der Waals surface area contributed by atoms with E-state index in [4.69, 9.17) is 23.2 Å². The Kier molecular flexibility index (Phi) is 4.83. The van der Waals surface area contributed by atoms with Crippen LogP contribution < -0.4 is 5.43 Å². The zero-order valence-electron chi connectivity index (χ0n) is 10.7. The Morgan fingerprint density at radius 2 is 2.21 bits per heavy atom. The zero-order valence-corrected chi connectivity index (χ0v) is 12.3. The van der Waals surface area contributed by atoms with Gasteiger partial charge in [0, 0.05) is 10.7 Å². The van der Waals surface area contributed by atoms with Gasteiger partial charge < -0.3 is 0 Å². The summed E-state index contributed by atoms with van der Waals surface area (Å²) < 4.78 is 0. The number of hydrazone groups is 1. The standard InChI is InChI=1S/C14H16Cl2N2O/c1-9-3-2-4-11(7-9)17-18-14(19)12-8-10(15)5-6-13(12)16/h5-6,8-9H,2-4,7H2,1H3,(H,18,19)/b17-11-/t9-/m0/s1. The van der Waals surface area contributed by atoms with Crippen molar-refractivity contribution in [2.75, 3.05) is 0 Å². The second-order valence-electron chi connectivity index (χ2n) is 4.94. The van der Waals surface area contributed by atoms with Gasteiger partial charge in [0.1, 0.15) is 0 Å². The molecular formula is C14H16Cl2N2O. The van der Waals surface area contributed by atoms with Crippen LogP contribution >= 0.6 is 23.2 Å². The third-order valence-electron chi connectivity index (χ3n) is 3.23. The number of carbonyl (C=O) groups is 1. The summed E-state index contributed by atoms with van der Waals surface area (Å²) >= 11 is 11.8. The monoisotopic (exact) mass is 298 g/mol. The average Bonchev–Trinajstić information content (AvgIpc) is 2.39. The fourth-order valence-electron chi connectivity index (χ4n) is 2.22. The first-order valence-electron chi connectivity index (χ1n) is 6.37. The minimum atomic E-state index is -0.321. The summed E-state index contributed by atoms with van der Waals surface area (Å²) in [6.07, 6.45) is 4.26. The molecule has 0 aliphatic heterocycles. The second kappa shape index (κ2) is 6.40. The predicted molar refractivity (Wildman–Crippen MR) is 79.0 cm³/mol. The van der Waals surface area contributed by atoms with E-state index in [0.717, 1.165) is 25.0 Å². The fourth-order valence-corrected chi connectivity index (χ4v) is 2.60. The molecule has 1 aromatic carbocycles. The highest BCUT2D eigenvalue weighted by molar-refractivity contribution is 6.35. The molecule has 2 rings (SSSR count). The van der Waals surface area contributed by atoms with Crippen molar-refractivity contribution < 1.29 is 4.79 Å². The fraction of sp³-hybridized carbons (Fsp3) is 0.429. The van der Waals surface area contributed by atoms with Crippen molar-refractivity contribution in [3.8, 4) is 0 Å². The largest absolute Gasteiger partial charge is 0.272 e. The summed E-state index contributed by atoms with van der Waals surface area (Å²) in [4.78, 5) is 12.0. The second-order valence-corrected chi connectivity index (χ2v) is 5.79. The molecule has 0 bridgehead atoms. The van der Waals surface area contributed by atoms with E-state index in [1.165, 1.54) is 6.42 Å². The van der Waals surface area contributed by atoms with E-state index in [2.05, 4.69) is 17.5 Å². The molecule has 0 saturated heterocycles. The van der Waals surface area contributed by atoms with Crippen molar-refractivity contribution in [2.24, 2.45) is 11.0 Å². The van der Waals surface area contributed by atoms with Crippen LogP contribution in [-0.2, 0) is 0 Å². The molecular weight excluding hydrogens is 283 g/mol. The summed E-state index contributed by atoms with van der Waals surface area (Å²) in [5, 5.41) is 5.05. The number of hydrogen-bond donors (Lipinski definition) is 1. The van der Waals surface area contributed by atoms with Crippen LogP contribution in [-0.4, -0.2) is 11.6 Å². The Morgan fingerprint density at radius 3 is 2.95 bits per heavy atom. The van der Waals surface area contributed by atoms with Crippen LogP contribution in [0.15, 0.2) is 23.3 Å². The van der Waals surface area contributed by atoms with E-state index in [1.54, 1.807) is 18.2 Å². The molecule has 3 nitrogen and oxygen atoms in total. The molecule has 19 heavy (non-hydrogen) atoms. The molecule has 1 aliphatic rings. The van der Waals surface area contributed by atoms with Gasteiger partial charge in [-0.15, -0.1) is 0 Å². The van der Waals surface area contributed by atoms with Crippen molar-refractivity contribution in [1.82, 2.24) is 5.43 Å². The number of carbonyl (C=O) groups excluding carboxylic acids is 1. The molecule has 0 radical (unpaired) electrons. The van der Waals surface area contributed by atoms with Crippen LogP contribution in [0.3, 0.4) is 0 Å². The average molecular weight is 299 g/mol. The number of amides is 1. The number of halogens is 2. The van der Waals surface area contributed by atoms with Gasteiger partial charge in [0.05, 0.1) is 10.6 Å². The lowest BCUT2D eigenvalue weighted by Crippen LogP contribution is -2.22. The molecule has 1 fully saturated rings. The number of benzene rings is 1. The van der Waals surface area contributed by atoms with Crippen molar-refractivity contribution in [3.05, 3.63) is 33.8 Å². The van der Waals surface area contributed by atoms with Gasteiger partial charge in [-0.3, -0.25) is 4.79 Å². The molecule has 0 aromatic heterocycles. The highest BCUT2D eigenvalue weighted by Gasteiger charge is 2.15. The van der Waals surface area contributed by atoms with Crippen LogP contribution in [0.2, 0.25) is 10.0 Å². The lowest BCUT2D eigenvalue weighted by molar-refractivity contribution is 0.0954. The van der Waals surface area contributed by atoms with Crippen molar-refractivity contribution in [3.63, 3.8) is 0 Å². The van der Waals surface area contributed by atoms with E-state index in [1.807, 2.05) is 0 Å². The van der Waals surface area contributed by atoms with Gasteiger partial charge in [-0.1, -0.05) is 30.1 Å². The van der Waals surface area contributed by atoms with E-state index >= 15 is 0 Å². The summed E-state index contributed by atoms with van der Waals surface area (Å²) in [5.41, 5.74) is 3.96. The number of nitrogens with zero attached hydrogens (tertiary/aromatic N) is 1. The topological polar surface area (TPSA) is 41.5 Å². The number of hydrogen-bond acceptors (Lipinski definition) is 2. The Bertz CT molecular complexity index is 514. The molecule has 5 heteroatoms. The minimum Gasteiger partial charge on any atom is -0.267 e. The summed E-state index contributed by atoms with van der Waals surface area (Å²) in [6.45, 7) is 2.20. The maximum atomic E-state index is 12.0. The number of rotatable bonds is 2. The smallest absolute Gasteiger partial charge is 0.267 e. The molecule has 1 saturated carbocycles. The van der Waals surface area contributed by atoms with Gasteiger partial charge in [-0.25, -0.2) is 5.43 Å². The highest BCUT2D eigenvalue weighted by Crippen LogP contribution is 2.22. The van der Waals surface area contributed by atoms with E-state index in [0.29, 0.717) is 21.5 Å². The molecule has 0 unspecified atom stereocenters. The van der Waals surface area contributed by atoms with E-state index in [-0.39, 0.29) is 5.91 Å². The SMILES string of the molecule is C[C@H]1CCC/C(=N/NC(=O)c2cc(Cl)ccc2Cl)C1. The van der Waals surface area contributed by atoms with Crippen LogP contribution in [0, 0.1) is 5.92 Å². The predicted octanol–water partition coefficient (Wildman–Crippen LogP) is 4.29. The van der Waals surface area contributed by atoms with Crippen LogP contribution in [0.1, 0.15) is 43.0 Å². The lowest BCUT2D eigenvalue weighted by atomic mass is 9.89. The van der Waals surface area contributed by atoms with Crippen LogP contribution in [0.5, 0.6) is 0 Å². The Morgan fingerprint density at radius 1 is 1.42 bits per heavy atom. The highest BCUT2D eigenvalue weighted by atomic mass is 35.5. The van der Waals surface area contributed by atoms with Gasteiger partial charge in [0.25, 0.3) is 5.91 Å². The van der Waals surface area contributed by atoms with Crippen molar-refractivity contribution >= 4 is 34.8 Å². The first-order valence-corrected chi connectivity index (χ1v) is 7.12. The first kappa shape index (κ1) is 14.4. The summed E-state index contributed by atoms with van der Waals surface area (Å²) in [7, 11) is 0. The summed E-state index contributed by atoms with van der Waals surface area (Å²) in [6, 6.07) is 4.80. The normalized spacial score (nSPS) is 21.4. The summed E-state index contributed by atoms with van der Waals surface area (Å²) in [5.74, 6) is 0.317. The molecule has 0 spiro atoms. The third-order valence-corrected chi connectivity index (χ3v) is 3.80. The Balaban J connectivity index is 2.05.